The third-order valence-corrected chi connectivity index (χ3v) is 6.21. The minimum Gasteiger partial charge on any atom is -0.489 e. The zero-order valence-corrected chi connectivity index (χ0v) is 22.1. The number of H-pyrrole nitrogens is 2. The summed E-state index contributed by atoms with van der Waals surface area (Å²) in [6.07, 6.45) is -0.0411. The van der Waals surface area contributed by atoms with Gasteiger partial charge < -0.3 is 34.6 Å². The molecule has 0 saturated heterocycles. The summed E-state index contributed by atoms with van der Waals surface area (Å²) in [5.74, 6) is 1.08. The molecule has 1 unspecified atom stereocenters. The minimum absolute atomic E-state index is 0.0740. The van der Waals surface area contributed by atoms with Crippen molar-refractivity contribution in [3.63, 3.8) is 0 Å². The van der Waals surface area contributed by atoms with Crippen LogP contribution in [-0.4, -0.2) is 52.9 Å². The van der Waals surface area contributed by atoms with E-state index in [-0.39, 0.29) is 17.8 Å². The first-order valence-electron chi connectivity index (χ1n) is 12.0. The van der Waals surface area contributed by atoms with Gasteiger partial charge in [0, 0.05) is 12.1 Å². The minimum atomic E-state index is -0.749. The summed E-state index contributed by atoms with van der Waals surface area (Å²) >= 11 is 6.26. The molecule has 0 spiro atoms. The molecule has 0 bridgehead atoms. The van der Waals surface area contributed by atoms with Crippen LogP contribution in [0.2, 0.25) is 5.02 Å². The lowest BCUT2D eigenvalue weighted by Crippen LogP contribution is -2.46. The molecule has 1 aromatic heterocycles. The molecule has 4 N–H and O–H groups in total. The lowest BCUT2D eigenvalue weighted by atomic mass is 9.94. The predicted octanol–water partition coefficient (Wildman–Crippen LogP) is 4.44. The van der Waals surface area contributed by atoms with E-state index in [0.717, 1.165) is 5.56 Å². The molecular formula is C28H30ClN3O6. The fraction of sp³-hybridized carbons (Fsp3) is 0.286. The van der Waals surface area contributed by atoms with Gasteiger partial charge in [-0.3, -0.25) is 0 Å². The Morgan fingerprint density at radius 2 is 1.84 bits per heavy atom. The van der Waals surface area contributed by atoms with Crippen molar-refractivity contribution in [3.05, 3.63) is 87.3 Å². The third-order valence-electron chi connectivity index (χ3n) is 5.91. The van der Waals surface area contributed by atoms with Crippen molar-refractivity contribution >= 4 is 28.6 Å². The predicted molar refractivity (Wildman–Crippen MR) is 146 cm³/mol. The Morgan fingerprint density at radius 1 is 1.08 bits per heavy atom. The summed E-state index contributed by atoms with van der Waals surface area (Å²) < 4.78 is 16.3. The largest absolute Gasteiger partial charge is 0.489 e. The number of carbonyl (C=O) groups is 1. The Balaban J connectivity index is 1.27. The van der Waals surface area contributed by atoms with Gasteiger partial charge in [0.05, 0.1) is 23.2 Å². The van der Waals surface area contributed by atoms with Crippen LogP contribution in [0.3, 0.4) is 0 Å². The van der Waals surface area contributed by atoms with E-state index in [2.05, 4.69) is 29.1 Å². The van der Waals surface area contributed by atoms with Crippen LogP contribution in [0.15, 0.2) is 65.5 Å². The average molecular weight is 540 g/mol. The summed E-state index contributed by atoms with van der Waals surface area (Å²) in [7, 11) is 1.31. The van der Waals surface area contributed by atoms with Crippen molar-refractivity contribution < 1.29 is 24.1 Å². The van der Waals surface area contributed by atoms with E-state index in [1.807, 2.05) is 24.3 Å². The molecule has 4 aromatic rings. The SMILES string of the molecule is COC(=O)c1ccc(Oc2ccc(CC(C)(C)NCC(O)COc3cccc4[nH]c(=O)[nH]c34)cc2)c(Cl)c1. The van der Waals surface area contributed by atoms with Crippen LogP contribution < -0.4 is 20.5 Å². The Morgan fingerprint density at radius 3 is 2.55 bits per heavy atom. The number of carbonyl (C=O) groups excluding carboxylic acids is 1. The smallest absolute Gasteiger partial charge is 0.337 e. The van der Waals surface area contributed by atoms with Crippen LogP contribution >= 0.6 is 11.6 Å². The van der Waals surface area contributed by atoms with Crippen molar-refractivity contribution in [2.75, 3.05) is 20.3 Å². The number of para-hydroxylation sites is 1. The number of aromatic nitrogens is 2. The topological polar surface area (TPSA) is 126 Å². The van der Waals surface area contributed by atoms with E-state index in [1.165, 1.54) is 13.2 Å². The summed E-state index contributed by atoms with van der Waals surface area (Å²) in [4.78, 5) is 28.6. The molecule has 10 heteroatoms. The molecule has 38 heavy (non-hydrogen) atoms. The number of nitrogens with one attached hydrogen (secondary N) is 3. The number of hydrogen-bond donors (Lipinski definition) is 4. The lowest BCUT2D eigenvalue weighted by molar-refractivity contribution is 0.0600. The molecule has 0 radical (unpaired) electrons. The van der Waals surface area contributed by atoms with Gasteiger partial charge in [0.15, 0.2) is 0 Å². The van der Waals surface area contributed by atoms with Gasteiger partial charge in [-0.05, 0) is 68.3 Å². The summed E-state index contributed by atoms with van der Waals surface area (Å²) in [6.45, 7) is 4.51. The highest BCUT2D eigenvalue weighted by Crippen LogP contribution is 2.31. The zero-order chi connectivity index (χ0) is 27.3. The maximum atomic E-state index is 11.6. The Hall–Kier alpha value is -3.79. The molecule has 0 fully saturated rings. The highest BCUT2D eigenvalue weighted by molar-refractivity contribution is 6.32. The molecule has 0 aliphatic carbocycles. The van der Waals surface area contributed by atoms with Crippen molar-refractivity contribution in [2.24, 2.45) is 0 Å². The zero-order valence-electron chi connectivity index (χ0n) is 21.3. The number of aliphatic hydroxyl groups is 1. The van der Waals surface area contributed by atoms with Crippen LogP contribution in [0.1, 0.15) is 29.8 Å². The number of benzene rings is 3. The summed E-state index contributed by atoms with van der Waals surface area (Å²) in [5, 5.41) is 14.2. The molecule has 1 heterocycles. The fourth-order valence-corrected chi connectivity index (χ4v) is 4.21. The molecule has 0 saturated carbocycles. The van der Waals surface area contributed by atoms with Crippen LogP contribution in [0.25, 0.3) is 11.0 Å². The number of β-amino-alcohol motifs (C(OH)–C–C–N with tert-alkyl or cyclic N) is 1. The standard InChI is InChI=1S/C28H30ClN3O6/c1-28(2,30-15-19(33)16-37-24-6-4-5-22-25(24)32-27(35)31-22)14-17-7-10-20(11-8-17)38-23-12-9-18(13-21(23)29)26(34)36-3/h4-13,19,30,33H,14-16H2,1-3H3,(H2,31,32,35). The van der Waals surface area contributed by atoms with E-state index >= 15 is 0 Å². The highest BCUT2D eigenvalue weighted by atomic mass is 35.5. The number of esters is 1. The van der Waals surface area contributed by atoms with Gasteiger partial charge in [-0.15, -0.1) is 0 Å². The van der Waals surface area contributed by atoms with Gasteiger partial charge in [0.25, 0.3) is 0 Å². The van der Waals surface area contributed by atoms with Crippen molar-refractivity contribution in [1.82, 2.24) is 15.3 Å². The van der Waals surface area contributed by atoms with Gasteiger partial charge in [-0.25, -0.2) is 9.59 Å². The highest BCUT2D eigenvalue weighted by Gasteiger charge is 2.20. The molecule has 9 nitrogen and oxygen atoms in total. The lowest BCUT2D eigenvalue weighted by Gasteiger charge is -2.28. The maximum absolute atomic E-state index is 11.6. The van der Waals surface area contributed by atoms with Gasteiger partial charge >= 0.3 is 11.7 Å². The first-order chi connectivity index (χ1) is 18.1. The number of rotatable bonds is 11. The molecule has 200 valence electrons. The quantitative estimate of drug-likeness (QED) is 0.208. The van der Waals surface area contributed by atoms with Crippen LogP contribution in [-0.2, 0) is 11.2 Å². The number of aromatic amines is 2. The number of halogens is 1. The fourth-order valence-electron chi connectivity index (χ4n) is 3.99. The number of methoxy groups -OCH3 is 1. The molecular weight excluding hydrogens is 510 g/mol. The van der Waals surface area contributed by atoms with Gasteiger partial charge in [0.2, 0.25) is 0 Å². The first kappa shape index (κ1) is 27.3. The third kappa shape index (κ3) is 6.95. The number of fused-ring (bicyclic) bond motifs is 1. The van der Waals surface area contributed by atoms with E-state index in [0.29, 0.717) is 51.8 Å². The average Bonchev–Trinajstić information content (AvgIpc) is 3.28. The summed E-state index contributed by atoms with van der Waals surface area (Å²) in [5.41, 5.74) is 2.04. The summed E-state index contributed by atoms with van der Waals surface area (Å²) in [6, 6.07) is 17.7. The second-order valence-electron chi connectivity index (χ2n) is 9.55. The second kappa shape index (κ2) is 11.7. The van der Waals surface area contributed by atoms with Crippen molar-refractivity contribution in [2.45, 2.75) is 31.9 Å². The molecule has 3 aromatic carbocycles. The molecule has 0 amide bonds. The maximum Gasteiger partial charge on any atom is 0.337 e. The number of aliphatic hydroxyl groups excluding tert-OH is 1. The van der Waals surface area contributed by atoms with E-state index < -0.39 is 12.1 Å². The second-order valence-corrected chi connectivity index (χ2v) is 9.95. The first-order valence-corrected chi connectivity index (χ1v) is 12.4. The monoisotopic (exact) mass is 539 g/mol. The van der Waals surface area contributed by atoms with E-state index in [9.17, 15) is 14.7 Å². The molecule has 0 aliphatic rings. The number of imidazole rings is 1. The van der Waals surface area contributed by atoms with Gasteiger partial charge in [-0.2, -0.15) is 0 Å². The Kier molecular flexibility index (Phi) is 8.41. The van der Waals surface area contributed by atoms with Gasteiger partial charge in [0.1, 0.15) is 35.5 Å². The molecule has 4 rings (SSSR count). The van der Waals surface area contributed by atoms with Gasteiger partial charge in [-0.1, -0.05) is 29.8 Å². The normalized spacial score (nSPS) is 12.3. The van der Waals surface area contributed by atoms with Crippen molar-refractivity contribution in [1.29, 1.82) is 0 Å². The number of hydrogen-bond acceptors (Lipinski definition) is 7. The van der Waals surface area contributed by atoms with Crippen LogP contribution in [0, 0.1) is 0 Å². The Labute approximate surface area is 224 Å². The Bertz CT molecular complexity index is 1460. The molecule has 1 atom stereocenters. The number of ether oxygens (including phenoxy) is 3. The van der Waals surface area contributed by atoms with E-state index in [4.69, 9.17) is 25.8 Å². The van der Waals surface area contributed by atoms with Crippen LogP contribution in [0.4, 0.5) is 0 Å². The van der Waals surface area contributed by atoms with Crippen LogP contribution in [0.5, 0.6) is 17.2 Å². The van der Waals surface area contributed by atoms with Crippen molar-refractivity contribution in [3.8, 4) is 17.2 Å². The molecule has 0 aliphatic heterocycles. The van der Waals surface area contributed by atoms with E-state index in [1.54, 1.807) is 30.3 Å².